The van der Waals surface area contributed by atoms with Crippen molar-refractivity contribution in [1.82, 2.24) is 0 Å². The average Bonchev–Trinajstić information content (AvgIpc) is 2.68. The molecule has 0 heterocycles. The summed E-state index contributed by atoms with van der Waals surface area (Å²) in [5.41, 5.74) is 0.901. The number of carboxylic acid groups (broad SMARTS) is 1. The lowest BCUT2D eigenvalue weighted by Crippen LogP contribution is -2.36. The number of carboxylic acids is 1. The van der Waals surface area contributed by atoms with Crippen molar-refractivity contribution in [1.29, 1.82) is 0 Å². The standard InChI is InChI=1S/C22H20BrClO6/c23-17-6-7-18(24)21(26)20(17)19(25)8-3-13-1-4-15(5-2-13)29-9-10-30-16-11-14(12-16)22(27)28/h1-8,14,16,26H,9-12H2,(H,27,28)/b8-3+/t14-,16+. The maximum Gasteiger partial charge on any atom is 0.306 e. The molecule has 1 aliphatic carbocycles. The summed E-state index contributed by atoms with van der Waals surface area (Å²) in [7, 11) is 0. The molecule has 0 aliphatic heterocycles. The van der Waals surface area contributed by atoms with E-state index in [9.17, 15) is 14.7 Å². The number of allylic oxidation sites excluding steroid dienone is 1. The van der Waals surface area contributed by atoms with Crippen molar-refractivity contribution in [2.24, 2.45) is 5.92 Å². The molecule has 8 heteroatoms. The zero-order chi connectivity index (χ0) is 21.7. The third-order valence-corrected chi connectivity index (χ3v) is 5.75. The fraction of sp³-hybridized carbons (Fsp3) is 0.273. The molecule has 30 heavy (non-hydrogen) atoms. The fourth-order valence-electron chi connectivity index (χ4n) is 2.98. The van der Waals surface area contributed by atoms with Gasteiger partial charge in [-0.3, -0.25) is 9.59 Å². The lowest BCUT2D eigenvalue weighted by molar-refractivity contribution is -0.151. The monoisotopic (exact) mass is 494 g/mol. The largest absolute Gasteiger partial charge is 0.506 e. The number of ether oxygens (including phenoxy) is 2. The minimum Gasteiger partial charge on any atom is -0.506 e. The number of hydrogen-bond donors (Lipinski definition) is 2. The summed E-state index contributed by atoms with van der Waals surface area (Å²) in [5, 5.41) is 19.0. The van der Waals surface area contributed by atoms with Crippen LogP contribution >= 0.6 is 27.5 Å². The topological polar surface area (TPSA) is 93.1 Å². The highest BCUT2D eigenvalue weighted by Crippen LogP contribution is 2.33. The van der Waals surface area contributed by atoms with Crippen molar-refractivity contribution in [3.05, 3.63) is 63.1 Å². The Morgan fingerprint density at radius 2 is 1.83 bits per heavy atom. The Morgan fingerprint density at radius 3 is 2.50 bits per heavy atom. The first kappa shape index (κ1) is 22.3. The van der Waals surface area contributed by atoms with Gasteiger partial charge in [-0.05, 0) is 64.7 Å². The molecule has 2 N–H and O–H groups in total. The van der Waals surface area contributed by atoms with Crippen molar-refractivity contribution in [3.8, 4) is 11.5 Å². The number of benzene rings is 2. The molecule has 1 saturated carbocycles. The fourth-order valence-corrected chi connectivity index (χ4v) is 3.66. The van der Waals surface area contributed by atoms with Gasteiger partial charge in [0.25, 0.3) is 0 Å². The second kappa shape index (κ2) is 10.1. The van der Waals surface area contributed by atoms with Crippen molar-refractivity contribution < 1.29 is 29.3 Å². The molecule has 0 unspecified atom stereocenters. The highest BCUT2D eigenvalue weighted by molar-refractivity contribution is 9.10. The van der Waals surface area contributed by atoms with Gasteiger partial charge in [0, 0.05) is 4.47 Å². The van der Waals surface area contributed by atoms with Gasteiger partial charge in [-0.2, -0.15) is 0 Å². The number of carbonyl (C=O) groups is 2. The highest BCUT2D eigenvalue weighted by Gasteiger charge is 2.34. The van der Waals surface area contributed by atoms with E-state index >= 15 is 0 Å². The van der Waals surface area contributed by atoms with Crippen LogP contribution in [-0.4, -0.2) is 41.3 Å². The second-order valence-electron chi connectivity index (χ2n) is 6.87. The molecule has 0 radical (unpaired) electrons. The third-order valence-electron chi connectivity index (χ3n) is 4.78. The molecule has 0 aromatic heterocycles. The molecule has 1 fully saturated rings. The summed E-state index contributed by atoms with van der Waals surface area (Å²) in [6, 6.07) is 10.3. The molecule has 0 saturated heterocycles. The van der Waals surface area contributed by atoms with Gasteiger partial charge in [0.1, 0.15) is 18.1 Å². The molecule has 2 aromatic rings. The number of phenols is 1. The van der Waals surface area contributed by atoms with Gasteiger partial charge in [0.05, 0.1) is 29.2 Å². The number of ketones is 1. The first-order valence-corrected chi connectivity index (χ1v) is 10.5. The molecule has 3 rings (SSSR count). The van der Waals surface area contributed by atoms with E-state index < -0.39 is 5.97 Å². The molecule has 0 bridgehead atoms. The van der Waals surface area contributed by atoms with Crippen molar-refractivity contribution in [2.75, 3.05) is 13.2 Å². The van der Waals surface area contributed by atoms with Gasteiger partial charge in [0.2, 0.25) is 0 Å². The van der Waals surface area contributed by atoms with Crippen LogP contribution in [0.15, 0.2) is 46.9 Å². The molecule has 2 aromatic carbocycles. The number of hydrogen-bond acceptors (Lipinski definition) is 5. The molecular formula is C22H20BrClO6. The lowest BCUT2D eigenvalue weighted by atomic mass is 9.82. The second-order valence-corrected chi connectivity index (χ2v) is 8.13. The van der Waals surface area contributed by atoms with Gasteiger partial charge < -0.3 is 19.7 Å². The van der Waals surface area contributed by atoms with Gasteiger partial charge in [0.15, 0.2) is 5.78 Å². The van der Waals surface area contributed by atoms with Crippen LogP contribution in [0.1, 0.15) is 28.8 Å². The van der Waals surface area contributed by atoms with Crippen LogP contribution in [-0.2, 0) is 9.53 Å². The van der Waals surface area contributed by atoms with E-state index in [-0.39, 0.29) is 34.1 Å². The minimum absolute atomic E-state index is 0.00119. The molecular weight excluding hydrogens is 476 g/mol. The van der Waals surface area contributed by atoms with Crippen LogP contribution in [0, 0.1) is 5.92 Å². The maximum absolute atomic E-state index is 12.4. The number of aromatic hydroxyl groups is 1. The summed E-state index contributed by atoms with van der Waals surface area (Å²) in [6.45, 7) is 0.759. The number of rotatable bonds is 9. The number of halogens is 2. The van der Waals surface area contributed by atoms with E-state index in [2.05, 4.69) is 15.9 Å². The molecule has 0 amide bonds. The van der Waals surface area contributed by atoms with Crippen LogP contribution in [0.25, 0.3) is 6.08 Å². The summed E-state index contributed by atoms with van der Waals surface area (Å²) >= 11 is 9.12. The van der Waals surface area contributed by atoms with Gasteiger partial charge >= 0.3 is 5.97 Å². The molecule has 158 valence electrons. The van der Waals surface area contributed by atoms with E-state index in [1.54, 1.807) is 36.4 Å². The van der Waals surface area contributed by atoms with Crippen molar-refractivity contribution in [2.45, 2.75) is 18.9 Å². The van der Waals surface area contributed by atoms with E-state index in [4.69, 9.17) is 26.2 Å². The van der Waals surface area contributed by atoms with Crippen LogP contribution in [0.2, 0.25) is 5.02 Å². The summed E-state index contributed by atoms with van der Waals surface area (Å²) in [6.07, 6.45) is 4.11. The van der Waals surface area contributed by atoms with E-state index in [1.165, 1.54) is 12.1 Å². The van der Waals surface area contributed by atoms with E-state index in [0.29, 0.717) is 36.3 Å². The molecule has 0 spiro atoms. The highest BCUT2D eigenvalue weighted by atomic mass is 79.9. The Balaban J connectivity index is 1.46. The predicted octanol–water partition coefficient (Wildman–Crippen LogP) is 4.96. The Hall–Kier alpha value is -2.35. The smallest absolute Gasteiger partial charge is 0.306 e. The van der Waals surface area contributed by atoms with E-state index in [0.717, 1.165) is 5.56 Å². The Morgan fingerprint density at radius 1 is 1.13 bits per heavy atom. The molecule has 0 atom stereocenters. The van der Waals surface area contributed by atoms with Crippen LogP contribution in [0.4, 0.5) is 0 Å². The third kappa shape index (κ3) is 5.62. The van der Waals surface area contributed by atoms with Gasteiger partial charge in [-0.1, -0.05) is 29.8 Å². The average molecular weight is 496 g/mol. The zero-order valence-corrected chi connectivity index (χ0v) is 18.2. The Kier molecular flexibility index (Phi) is 7.53. The first-order valence-electron chi connectivity index (χ1n) is 9.32. The van der Waals surface area contributed by atoms with Gasteiger partial charge in [-0.15, -0.1) is 0 Å². The van der Waals surface area contributed by atoms with Crippen LogP contribution in [0.5, 0.6) is 11.5 Å². The van der Waals surface area contributed by atoms with Crippen molar-refractivity contribution in [3.63, 3.8) is 0 Å². The Bertz CT molecular complexity index is 951. The normalized spacial score (nSPS) is 18.2. The summed E-state index contributed by atoms with van der Waals surface area (Å²) in [5.74, 6) is -1.02. The number of carbonyl (C=O) groups excluding carboxylic acids is 1. The number of aliphatic carboxylic acids is 1. The van der Waals surface area contributed by atoms with Crippen LogP contribution < -0.4 is 4.74 Å². The van der Waals surface area contributed by atoms with Gasteiger partial charge in [-0.25, -0.2) is 0 Å². The minimum atomic E-state index is -0.765. The predicted molar refractivity (Wildman–Crippen MR) is 116 cm³/mol. The number of phenolic OH excluding ortho intramolecular Hbond substituents is 1. The maximum atomic E-state index is 12.4. The van der Waals surface area contributed by atoms with Crippen molar-refractivity contribution >= 4 is 45.4 Å². The van der Waals surface area contributed by atoms with E-state index in [1.807, 2.05) is 0 Å². The quantitative estimate of drug-likeness (QED) is 0.290. The van der Waals surface area contributed by atoms with Crippen LogP contribution in [0.3, 0.4) is 0 Å². The summed E-state index contributed by atoms with van der Waals surface area (Å²) in [4.78, 5) is 23.1. The molecule has 6 nitrogen and oxygen atoms in total. The first-order chi connectivity index (χ1) is 14.3. The zero-order valence-electron chi connectivity index (χ0n) is 15.9. The Labute approximate surface area is 187 Å². The summed E-state index contributed by atoms with van der Waals surface area (Å²) < 4.78 is 11.6. The lowest BCUT2D eigenvalue weighted by Gasteiger charge is -2.31. The SMILES string of the molecule is O=C(/C=C/c1ccc(OCCO[C@H]2C[C@@H](C(=O)O)C2)cc1)c1c(Br)ccc(Cl)c1O. The molecule has 1 aliphatic rings.